The molecule has 0 fully saturated rings. The van der Waals surface area contributed by atoms with Gasteiger partial charge in [0.25, 0.3) is 31.8 Å². The minimum absolute atomic E-state index is 0.0641. The lowest BCUT2D eigenvalue weighted by Crippen LogP contribution is -2.47. The average molecular weight is 564 g/mol. The molecule has 0 radical (unpaired) electrons. The van der Waals surface area contributed by atoms with Crippen LogP contribution in [0.4, 0.5) is 0 Å². The Morgan fingerprint density at radius 3 is 1.36 bits per heavy atom. The van der Waals surface area contributed by atoms with E-state index in [1.807, 2.05) is 0 Å². The Kier molecular flexibility index (Phi) is 17.4. The third-order valence-corrected chi connectivity index (χ3v) is 5.53. The number of carbonyl (C=O) groups excluding carboxylic acids is 7. The quantitative estimate of drug-likeness (QED) is 0.0519. The first-order chi connectivity index (χ1) is 18.5. The lowest BCUT2D eigenvalue weighted by Gasteiger charge is -2.28. The van der Waals surface area contributed by atoms with Gasteiger partial charge in [0.15, 0.2) is 6.10 Å². The predicted molar refractivity (Wildman–Crippen MR) is 129 cm³/mol. The van der Waals surface area contributed by atoms with Crippen LogP contribution in [-0.4, -0.2) is 124 Å². The number of rotatable bonds is 24. The van der Waals surface area contributed by atoms with Crippen LogP contribution in [0.5, 0.6) is 0 Å². The Morgan fingerprint density at radius 2 is 1.08 bits per heavy atom. The lowest BCUT2D eigenvalue weighted by atomic mass is 9.91. The highest BCUT2D eigenvalue weighted by Gasteiger charge is 2.36. The van der Waals surface area contributed by atoms with Gasteiger partial charge < -0.3 is 44.7 Å². The first-order valence-electron chi connectivity index (χ1n) is 11.9. The standard InChI is InChI=1S/C23H37N3O13/c1-22(10-36-14-28,11-37-15-29)20(34)24-5-3-7-26(19(33)18(32)9-27)8-4-6-25-21(35)23(2,12-38-16-30)13-39-17-31/h14-18,27,32H,3-13H2,1-2H3,(H,24,34)(H,25,35). The molecule has 0 heterocycles. The van der Waals surface area contributed by atoms with Gasteiger partial charge in [-0.2, -0.15) is 0 Å². The van der Waals surface area contributed by atoms with E-state index in [-0.39, 0.29) is 91.3 Å². The van der Waals surface area contributed by atoms with Crippen LogP contribution in [0, 0.1) is 10.8 Å². The van der Waals surface area contributed by atoms with Crippen LogP contribution in [0.25, 0.3) is 0 Å². The molecule has 1 atom stereocenters. The van der Waals surface area contributed by atoms with Crippen LogP contribution in [0.15, 0.2) is 0 Å². The second-order valence-corrected chi connectivity index (χ2v) is 8.99. The van der Waals surface area contributed by atoms with E-state index in [0.717, 1.165) is 0 Å². The van der Waals surface area contributed by atoms with Gasteiger partial charge in [-0.1, -0.05) is 0 Å². The van der Waals surface area contributed by atoms with Crippen LogP contribution in [0.3, 0.4) is 0 Å². The van der Waals surface area contributed by atoms with E-state index in [9.17, 15) is 38.7 Å². The number of aliphatic hydroxyl groups excluding tert-OH is 2. The normalized spacial score (nSPS) is 11.8. The predicted octanol–water partition coefficient (Wildman–Crippen LogP) is -3.11. The fraction of sp³-hybridized carbons (Fsp3) is 0.696. The summed E-state index contributed by atoms with van der Waals surface area (Å²) in [6.07, 6.45) is -1.21. The van der Waals surface area contributed by atoms with Crippen LogP contribution in [0.1, 0.15) is 26.7 Å². The monoisotopic (exact) mass is 563 g/mol. The second-order valence-electron chi connectivity index (χ2n) is 8.99. The Balaban J connectivity index is 4.97. The molecule has 4 N–H and O–H groups in total. The van der Waals surface area contributed by atoms with Crippen molar-refractivity contribution in [1.82, 2.24) is 15.5 Å². The maximum atomic E-state index is 12.5. The van der Waals surface area contributed by atoms with Crippen LogP contribution >= 0.6 is 0 Å². The number of hydrogen-bond acceptors (Lipinski definition) is 13. The summed E-state index contributed by atoms with van der Waals surface area (Å²) < 4.78 is 18.6. The molecule has 39 heavy (non-hydrogen) atoms. The molecule has 0 aromatic carbocycles. The highest BCUT2D eigenvalue weighted by molar-refractivity contribution is 5.83. The summed E-state index contributed by atoms with van der Waals surface area (Å²) in [5, 5.41) is 24.1. The van der Waals surface area contributed by atoms with Crippen LogP contribution < -0.4 is 10.6 Å². The van der Waals surface area contributed by atoms with E-state index < -0.39 is 41.3 Å². The van der Waals surface area contributed by atoms with Gasteiger partial charge in [-0.25, -0.2) is 0 Å². The molecule has 16 heteroatoms. The number of nitrogens with one attached hydrogen (secondary N) is 2. The molecule has 0 saturated carbocycles. The molecule has 0 spiro atoms. The van der Waals surface area contributed by atoms with Gasteiger partial charge >= 0.3 is 0 Å². The SMILES string of the molecule is CC(COC=O)(COC=O)C(=O)NCCCN(CCCNC(=O)C(C)(COC=O)COC=O)C(=O)C(O)CO. The topological polar surface area (TPSA) is 224 Å². The van der Waals surface area contributed by atoms with Crippen molar-refractivity contribution in [2.75, 3.05) is 59.2 Å². The maximum Gasteiger partial charge on any atom is 0.293 e. The fourth-order valence-corrected chi connectivity index (χ4v) is 3.21. The molecular formula is C23H37N3O13. The number of nitrogens with zero attached hydrogens (tertiary/aromatic N) is 1. The average Bonchev–Trinajstić information content (AvgIpc) is 2.94. The van der Waals surface area contributed by atoms with Gasteiger partial charge in [0.05, 0.1) is 6.61 Å². The highest BCUT2D eigenvalue weighted by atomic mass is 16.5. The summed E-state index contributed by atoms with van der Waals surface area (Å²) in [4.78, 5) is 80.8. The van der Waals surface area contributed by atoms with Crippen molar-refractivity contribution in [3.63, 3.8) is 0 Å². The van der Waals surface area contributed by atoms with E-state index in [4.69, 9.17) is 5.11 Å². The third-order valence-electron chi connectivity index (χ3n) is 5.53. The van der Waals surface area contributed by atoms with Gasteiger partial charge in [-0.3, -0.25) is 33.6 Å². The van der Waals surface area contributed by atoms with Crippen molar-refractivity contribution in [2.24, 2.45) is 10.8 Å². The molecule has 16 nitrogen and oxygen atoms in total. The maximum absolute atomic E-state index is 12.5. The molecule has 0 bridgehead atoms. The van der Waals surface area contributed by atoms with Crippen molar-refractivity contribution in [3.05, 3.63) is 0 Å². The van der Waals surface area contributed by atoms with Crippen molar-refractivity contribution in [3.8, 4) is 0 Å². The van der Waals surface area contributed by atoms with Crippen molar-refractivity contribution in [1.29, 1.82) is 0 Å². The summed E-state index contributed by atoms with van der Waals surface area (Å²) in [6, 6.07) is 0. The molecule has 0 aromatic rings. The summed E-state index contributed by atoms with van der Waals surface area (Å²) in [6.45, 7) is 1.59. The van der Waals surface area contributed by atoms with Gasteiger partial charge in [0.2, 0.25) is 11.8 Å². The zero-order valence-electron chi connectivity index (χ0n) is 22.0. The first-order valence-corrected chi connectivity index (χ1v) is 11.9. The molecule has 0 saturated heterocycles. The van der Waals surface area contributed by atoms with E-state index >= 15 is 0 Å². The molecule has 3 amide bonds. The first kappa shape index (κ1) is 35.2. The van der Waals surface area contributed by atoms with Gasteiger partial charge in [0.1, 0.15) is 37.3 Å². The summed E-state index contributed by atoms with van der Waals surface area (Å²) in [7, 11) is 0. The molecule has 0 aromatic heterocycles. The van der Waals surface area contributed by atoms with E-state index in [0.29, 0.717) is 0 Å². The molecule has 222 valence electrons. The Hall–Kier alpha value is -3.79. The minimum atomic E-state index is -1.66. The number of ether oxygens (including phenoxy) is 4. The van der Waals surface area contributed by atoms with Crippen molar-refractivity contribution >= 4 is 43.6 Å². The molecule has 0 aliphatic rings. The molecular weight excluding hydrogens is 526 g/mol. The van der Waals surface area contributed by atoms with Crippen LogP contribution in [0.2, 0.25) is 0 Å². The fourth-order valence-electron chi connectivity index (χ4n) is 3.21. The van der Waals surface area contributed by atoms with Gasteiger partial charge in [-0.15, -0.1) is 0 Å². The van der Waals surface area contributed by atoms with E-state index in [2.05, 4.69) is 29.6 Å². The molecule has 1 unspecified atom stereocenters. The number of aliphatic hydroxyl groups is 2. The molecule has 0 aliphatic heterocycles. The van der Waals surface area contributed by atoms with Crippen molar-refractivity contribution < 1.29 is 62.7 Å². The van der Waals surface area contributed by atoms with Gasteiger partial charge in [0, 0.05) is 26.2 Å². The largest absolute Gasteiger partial charge is 0.467 e. The molecule has 0 aliphatic carbocycles. The molecule has 0 rings (SSSR count). The van der Waals surface area contributed by atoms with E-state index in [1.165, 1.54) is 18.7 Å². The third kappa shape index (κ3) is 13.0. The second kappa shape index (κ2) is 19.3. The van der Waals surface area contributed by atoms with Crippen LogP contribution in [-0.2, 0) is 52.5 Å². The number of carbonyl (C=O) groups is 7. The number of amides is 3. The Labute approximate surface area is 225 Å². The summed E-state index contributed by atoms with van der Waals surface area (Å²) in [5.74, 6) is -1.90. The smallest absolute Gasteiger partial charge is 0.293 e. The van der Waals surface area contributed by atoms with E-state index in [1.54, 1.807) is 0 Å². The van der Waals surface area contributed by atoms with Crippen molar-refractivity contribution in [2.45, 2.75) is 32.8 Å². The highest BCUT2D eigenvalue weighted by Crippen LogP contribution is 2.18. The minimum Gasteiger partial charge on any atom is -0.467 e. The number of hydrogen-bond donors (Lipinski definition) is 4. The summed E-state index contributed by atoms with van der Waals surface area (Å²) >= 11 is 0. The summed E-state index contributed by atoms with van der Waals surface area (Å²) in [5.41, 5.74) is -2.69. The zero-order valence-corrected chi connectivity index (χ0v) is 22.0. The zero-order chi connectivity index (χ0) is 29.7. The Bertz CT molecular complexity index is 730. The Morgan fingerprint density at radius 1 is 0.744 bits per heavy atom. The lowest BCUT2D eigenvalue weighted by molar-refractivity contribution is -0.149. The van der Waals surface area contributed by atoms with Gasteiger partial charge in [-0.05, 0) is 26.7 Å².